The SMILES string of the molecule is CS(=O)(=O)N(CC(=O)NN=C1CCCCCCCCCCC1)c1ccc(Cl)c(Cl)c1. The molecule has 1 aliphatic carbocycles. The molecule has 1 aromatic carbocycles. The van der Waals surface area contributed by atoms with E-state index >= 15 is 0 Å². The molecule has 1 N–H and O–H groups in total. The van der Waals surface area contributed by atoms with Crippen molar-refractivity contribution in [2.75, 3.05) is 17.1 Å². The molecule has 1 aromatic rings. The van der Waals surface area contributed by atoms with Crippen LogP contribution >= 0.6 is 23.2 Å². The Kier molecular flexibility index (Phi) is 10.4. The first-order valence-corrected chi connectivity index (χ1v) is 13.1. The van der Waals surface area contributed by atoms with Gasteiger partial charge in [0.25, 0.3) is 5.91 Å². The molecule has 0 bridgehead atoms. The summed E-state index contributed by atoms with van der Waals surface area (Å²) in [6, 6.07) is 4.44. The fourth-order valence-electron chi connectivity index (χ4n) is 3.48. The smallest absolute Gasteiger partial charge is 0.260 e. The van der Waals surface area contributed by atoms with Crippen molar-refractivity contribution in [2.24, 2.45) is 5.10 Å². The number of hydrogen-bond donors (Lipinski definition) is 1. The van der Waals surface area contributed by atoms with Gasteiger partial charge in [0, 0.05) is 5.71 Å². The van der Waals surface area contributed by atoms with Crippen LogP contribution in [0.3, 0.4) is 0 Å². The Morgan fingerprint density at radius 1 is 0.967 bits per heavy atom. The fourth-order valence-corrected chi connectivity index (χ4v) is 4.62. The van der Waals surface area contributed by atoms with Crippen LogP contribution in [0.5, 0.6) is 0 Å². The van der Waals surface area contributed by atoms with Crippen LogP contribution < -0.4 is 9.73 Å². The third-order valence-corrected chi connectivity index (χ3v) is 7.03. The Balaban J connectivity index is 2.02. The molecule has 168 valence electrons. The lowest BCUT2D eigenvalue weighted by molar-refractivity contribution is -0.119. The lowest BCUT2D eigenvalue weighted by atomic mass is 10.00. The minimum atomic E-state index is -3.69. The number of nitrogens with zero attached hydrogens (tertiary/aromatic N) is 2. The van der Waals surface area contributed by atoms with Crippen LogP contribution in [-0.4, -0.2) is 32.8 Å². The number of rotatable bonds is 5. The van der Waals surface area contributed by atoms with Crippen molar-refractivity contribution >= 4 is 50.5 Å². The summed E-state index contributed by atoms with van der Waals surface area (Å²) in [6.07, 6.45) is 13.6. The molecule has 1 aliphatic rings. The molecule has 0 radical (unpaired) electrons. The van der Waals surface area contributed by atoms with Crippen LogP contribution in [0, 0.1) is 0 Å². The van der Waals surface area contributed by atoms with Gasteiger partial charge >= 0.3 is 0 Å². The van der Waals surface area contributed by atoms with Gasteiger partial charge in [-0.3, -0.25) is 9.10 Å². The second kappa shape index (κ2) is 12.5. The van der Waals surface area contributed by atoms with Gasteiger partial charge in [-0.05, 0) is 43.9 Å². The maximum Gasteiger partial charge on any atom is 0.260 e. The molecule has 0 unspecified atom stereocenters. The number of halogens is 2. The number of sulfonamides is 1. The normalized spacial score (nSPS) is 16.8. The standard InChI is InChI=1S/C21H31Cl2N3O3S/c1-30(28,29)26(18-13-14-19(22)20(23)15-18)16-21(27)25-24-17-11-9-7-5-3-2-4-6-8-10-12-17/h13-15H,2-12,16H2,1H3,(H,25,27). The van der Waals surface area contributed by atoms with Crippen LogP contribution in [0.25, 0.3) is 0 Å². The molecular formula is C21H31Cl2N3O3S. The average molecular weight is 476 g/mol. The summed E-state index contributed by atoms with van der Waals surface area (Å²) in [5, 5.41) is 4.85. The first kappa shape index (κ1) is 25.0. The van der Waals surface area contributed by atoms with E-state index in [4.69, 9.17) is 23.2 Å². The van der Waals surface area contributed by atoms with Crippen LogP contribution in [-0.2, 0) is 14.8 Å². The summed E-state index contributed by atoms with van der Waals surface area (Å²) in [7, 11) is -3.69. The second-order valence-corrected chi connectivity index (χ2v) is 10.5. The molecule has 0 aliphatic heterocycles. The van der Waals surface area contributed by atoms with Gasteiger partial charge in [0.2, 0.25) is 10.0 Å². The highest BCUT2D eigenvalue weighted by Gasteiger charge is 2.21. The summed E-state index contributed by atoms with van der Waals surface area (Å²) < 4.78 is 25.4. The summed E-state index contributed by atoms with van der Waals surface area (Å²) in [5.74, 6) is -0.495. The first-order valence-electron chi connectivity index (χ1n) is 10.5. The highest BCUT2D eigenvalue weighted by molar-refractivity contribution is 7.92. The minimum absolute atomic E-state index is 0.219. The van der Waals surface area contributed by atoms with E-state index in [1.54, 1.807) is 0 Å². The summed E-state index contributed by atoms with van der Waals surface area (Å²) in [5.41, 5.74) is 3.80. The third kappa shape index (κ3) is 8.82. The molecule has 1 amide bonds. The van der Waals surface area contributed by atoms with Gasteiger partial charge in [0.15, 0.2) is 0 Å². The maximum absolute atomic E-state index is 12.5. The Morgan fingerprint density at radius 3 is 2.00 bits per heavy atom. The summed E-state index contributed by atoms with van der Waals surface area (Å²) >= 11 is 11.9. The predicted octanol–water partition coefficient (Wildman–Crippen LogP) is 5.54. The third-order valence-electron chi connectivity index (χ3n) is 5.15. The molecule has 0 heterocycles. The van der Waals surface area contributed by atoms with Gasteiger partial charge in [-0.25, -0.2) is 13.8 Å². The van der Waals surface area contributed by atoms with Gasteiger partial charge in [-0.2, -0.15) is 5.10 Å². The van der Waals surface area contributed by atoms with Crippen LogP contribution in [0.15, 0.2) is 23.3 Å². The zero-order valence-electron chi connectivity index (χ0n) is 17.5. The number of benzene rings is 1. The number of anilines is 1. The fraction of sp³-hybridized carbons (Fsp3) is 0.619. The van der Waals surface area contributed by atoms with E-state index in [1.807, 2.05) is 0 Å². The van der Waals surface area contributed by atoms with Gasteiger partial charge in [-0.1, -0.05) is 68.1 Å². The van der Waals surface area contributed by atoms with E-state index < -0.39 is 15.9 Å². The lowest BCUT2D eigenvalue weighted by Gasteiger charge is -2.21. The van der Waals surface area contributed by atoms with Crippen molar-refractivity contribution in [3.8, 4) is 0 Å². The number of nitrogens with one attached hydrogen (secondary N) is 1. The van der Waals surface area contributed by atoms with Gasteiger partial charge in [-0.15, -0.1) is 0 Å². The van der Waals surface area contributed by atoms with E-state index in [0.717, 1.165) is 42.0 Å². The topological polar surface area (TPSA) is 78.8 Å². The second-order valence-electron chi connectivity index (χ2n) is 7.76. The highest BCUT2D eigenvalue weighted by Crippen LogP contribution is 2.28. The Bertz CT molecular complexity index is 830. The van der Waals surface area contributed by atoms with Crippen molar-refractivity contribution in [1.82, 2.24) is 5.43 Å². The molecular weight excluding hydrogens is 445 g/mol. The molecule has 0 spiro atoms. The maximum atomic E-state index is 12.5. The van der Waals surface area contributed by atoms with Crippen LogP contribution in [0.4, 0.5) is 5.69 Å². The Morgan fingerprint density at radius 2 is 1.50 bits per heavy atom. The van der Waals surface area contributed by atoms with Gasteiger partial charge in [0.1, 0.15) is 6.54 Å². The molecule has 30 heavy (non-hydrogen) atoms. The van der Waals surface area contributed by atoms with E-state index in [-0.39, 0.29) is 17.3 Å². The van der Waals surface area contributed by atoms with E-state index in [2.05, 4.69) is 10.5 Å². The van der Waals surface area contributed by atoms with Crippen LogP contribution in [0.1, 0.15) is 70.6 Å². The summed E-state index contributed by atoms with van der Waals surface area (Å²) in [6.45, 7) is -0.381. The molecule has 6 nitrogen and oxygen atoms in total. The van der Waals surface area contributed by atoms with E-state index in [0.29, 0.717) is 5.02 Å². The van der Waals surface area contributed by atoms with E-state index in [1.165, 1.54) is 63.1 Å². The quantitative estimate of drug-likeness (QED) is 0.567. The molecule has 0 aromatic heterocycles. The molecule has 0 saturated heterocycles. The van der Waals surface area contributed by atoms with E-state index in [9.17, 15) is 13.2 Å². The largest absolute Gasteiger partial charge is 0.271 e. The average Bonchev–Trinajstić information content (AvgIpc) is 2.67. The number of carbonyl (C=O) groups is 1. The monoisotopic (exact) mass is 475 g/mol. The highest BCUT2D eigenvalue weighted by atomic mass is 35.5. The van der Waals surface area contributed by atoms with Crippen molar-refractivity contribution < 1.29 is 13.2 Å². The Labute approximate surface area is 190 Å². The van der Waals surface area contributed by atoms with Crippen molar-refractivity contribution in [2.45, 2.75) is 70.6 Å². The minimum Gasteiger partial charge on any atom is -0.271 e. The van der Waals surface area contributed by atoms with Crippen molar-refractivity contribution in [3.05, 3.63) is 28.2 Å². The zero-order chi connectivity index (χ0) is 22.0. The van der Waals surface area contributed by atoms with Crippen molar-refractivity contribution in [3.63, 3.8) is 0 Å². The number of amides is 1. The summed E-state index contributed by atoms with van der Waals surface area (Å²) in [4.78, 5) is 12.5. The van der Waals surface area contributed by atoms with Gasteiger partial charge in [0.05, 0.1) is 22.0 Å². The van der Waals surface area contributed by atoms with Crippen LogP contribution in [0.2, 0.25) is 10.0 Å². The first-order chi connectivity index (χ1) is 14.3. The molecule has 2 rings (SSSR count). The number of carbonyl (C=O) groups excluding carboxylic acids is 1. The van der Waals surface area contributed by atoms with Gasteiger partial charge < -0.3 is 0 Å². The Hall–Kier alpha value is -1.31. The molecule has 1 saturated carbocycles. The number of hydrazone groups is 1. The lowest BCUT2D eigenvalue weighted by Crippen LogP contribution is -2.39. The van der Waals surface area contributed by atoms with Crippen molar-refractivity contribution in [1.29, 1.82) is 0 Å². The molecule has 9 heteroatoms. The zero-order valence-corrected chi connectivity index (χ0v) is 19.8. The number of hydrogen-bond acceptors (Lipinski definition) is 4. The molecule has 1 fully saturated rings. The molecule has 0 atom stereocenters. The predicted molar refractivity (Wildman–Crippen MR) is 125 cm³/mol.